The zero-order chi connectivity index (χ0) is 12.8. The van der Waals surface area contributed by atoms with E-state index in [2.05, 4.69) is 31.2 Å². The van der Waals surface area contributed by atoms with Crippen LogP contribution in [0, 0.1) is 0 Å². The number of aliphatic hydroxyl groups is 1. The second-order valence-corrected chi connectivity index (χ2v) is 6.99. The predicted molar refractivity (Wildman–Crippen MR) is 77.3 cm³/mol. The number of hydrogen-bond donors (Lipinski definition) is 1. The molecule has 0 amide bonds. The van der Waals surface area contributed by atoms with Gasteiger partial charge in [0.25, 0.3) is 0 Å². The normalized spacial score (nSPS) is 14.1. The van der Waals surface area contributed by atoms with Gasteiger partial charge in [-0.2, -0.15) is 0 Å². The van der Waals surface area contributed by atoms with E-state index < -0.39 is 0 Å². The third-order valence-electron chi connectivity index (χ3n) is 2.93. The molecule has 2 aromatic rings. The van der Waals surface area contributed by atoms with Crippen LogP contribution in [0.5, 0.6) is 0 Å². The minimum absolute atomic E-state index is 0.311. The van der Waals surface area contributed by atoms with Crippen LogP contribution < -0.4 is 4.46 Å². The van der Waals surface area contributed by atoms with Crippen LogP contribution in [0.4, 0.5) is 0 Å². The van der Waals surface area contributed by atoms with E-state index in [1.54, 1.807) is 0 Å². The Morgan fingerprint density at radius 1 is 0.944 bits per heavy atom. The molecule has 0 spiro atoms. The molecule has 1 N–H and O–H groups in total. The summed E-state index contributed by atoms with van der Waals surface area (Å²) in [5.41, 5.74) is 1.03. The Bertz CT molecular complexity index is 455. The van der Waals surface area contributed by atoms with Crippen molar-refractivity contribution in [3.63, 3.8) is 0 Å². The molecule has 2 aromatic carbocycles. The molecule has 0 unspecified atom stereocenters. The number of aliphatic hydroxyl groups excluding tert-OH is 1. The summed E-state index contributed by atoms with van der Waals surface area (Å²) in [7, 11) is 0. The molecular weight excluding hydrogens is 287 g/mol. The van der Waals surface area contributed by atoms with Crippen molar-refractivity contribution >= 4 is 19.4 Å². The molecule has 0 bridgehead atoms. The molecule has 0 aliphatic carbocycles. The molecule has 0 heterocycles. The van der Waals surface area contributed by atoms with Crippen molar-refractivity contribution in [1.82, 2.24) is 0 Å². The molecule has 0 aromatic heterocycles. The van der Waals surface area contributed by atoms with Crippen molar-refractivity contribution in [2.75, 3.05) is 0 Å². The third-order valence-corrected chi connectivity index (χ3v) is 5.94. The van der Waals surface area contributed by atoms with Gasteiger partial charge in [-0.15, -0.1) is 0 Å². The van der Waals surface area contributed by atoms with Crippen LogP contribution in [-0.4, -0.2) is 20.1 Å². The molecule has 94 valence electrons. The molecule has 0 saturated heterocycles. The van der Waals surface area contributed by atoms with Crippen molar-refractivity contribution in [1.29, 1.82) is 0 Å². The summed E-state index contributed by atoms with van der Waals surface area (Å²) in [4.78, 5) is 0.335. The molecule has 2 rings (SSSR count). The first-order valence-electron chi connectivity index (χ1n) is 6.26. The SMILES string of the molecule is CC[C@H]([Se]c1ccccc1)[C@@H](O)c1ccccc1. The molecule has 0 saturated carbocycles. The second kappa shape index (κ2) is 6.75. The van der Waals surface area contributed by atoms with E-state index in [9.17, 15) is 5.11 Å². The number of rotatable bonds is 5. The fourth-order valence-electron chi connectivity index (χ4n) is 1.91. The van der Waals surface area contributed by atoms with Gasteiger partial charge in [0.2, 0.25) is 0 Å². The first kappa shape index (κ1) is 13.4. The van der Waals surface area contributed by atoms with Gasteiger partial charge in [-0.25, -0.2) is 0 Å². The van der Waals surface area contributed by atoms with E-state index >= 15 is 0 Å². The topological polar surface area (TPSA) is 20.2 Å². The summed E-state index contributed by atoms with van der Waals surface area (Å²) in [5.74, 6) is 0. The van der Waals surface area contributed by atoms with Crippen LogP contribution in [0.1, 0.15) is 25.0 Å². The van der Waals surface area contributed by atoms with Crippen molar-refractivity contribution in [2.45, 2.75) is 24.3 Å². The van der Waals surface area contributed by atoms with E-state index in [4.69, 9.17) is 0 Å². The Kier molecular flexibility index (Phi) is 5.00. The van der Waals surface area contributed by atoms with Gasteiger partial charge in [-0.1, -0.05) is 0 Å². The predicted octanol–water partition coefficient (Wildman–Crippen LogP) is 2.95. The molecule has 0 aliphatic rings. The van der Waals surface area contributed by atoms with Crippen molar-refractivity contribution in [2.24, 2.45) is 0 Å². The zero-order valence-electron chi connectivity index (χ0n) is 10.5. The van der Waals surface area contributed by atoms with Gasteiger partial charge >= 0.3 is 115 Å². The van der Waals surface area contributed by atoms with E-state index in [0.29, 0.717) is 19.8 Å². The Labute approximate surface area is 115 Å². The molecule has 0 aliphatic heterocycles. The summed E-state index contributed by atoms with van der Waals surface area (Å²) in [6, 6.07) is 20.5. The number of hydrogen-bond acceptors (Lipinski definition) is 1. The molecular formula is C16H18OSe. The quantitative estimate of drug-likeness (QED) is 0.842. The second-order valence-electron chi connectivity index (χ2n) is 4.23. The van der Waals surface area contributed by atoms with E-state index in [1.807, 2.05) is 36.4 Å². The minimum atomic E-state index is -0.351. The molecule has 2 heteroatoms. The van der Waals surface area contributed by atoms with Crippen LogP contribution in [0.25, 0.3) is 0 Å². The van der Waals surface area contributed by atoms with Gasteiger partial charge in [-0.3, -0.25) is 0 Å². The fraction of sp³-hybridized carbons (Fsp3) is 0.250. The van der Waals surface area contributed by atoms with Gasteiger partial charge in [0.15, 0.2) is 0 Å². The van der Waals surface area contributed by atoms with Crippen LogP contribution in [0.2, 0.25) is 4.82 Å². The fourth-order valence-corrected chi connectivity index (χ4v) is 4.25. The first-order valence-corrected chi connectivity index (χ1v) is 8.10. The van der Waals surface area contributed by atoms with Gasteiger partial charge in [0.05, 0.1) is 0 Å². The molecule has 0 fully saturated rings. The van der Waals surface area contributed by atoms with E-state index in [-0.39, 0.29) is 6.10 Å². The Balaban J connectivity index is 2.09. The van der Waals surface area contributed by atoms with E-state index in [0.717, 1.165) is 12.0 Å². The van der Waals surface area contributed by atoms with Crippen LogP contribution in [0.15, 0.2) is 60.7 Å². The molecule has 2 atom stereocenters. The summed E-state index contributed by atoms with van der Waals surface area (Å²) < 4.78 is 1.35. The molecule has 18 heavy (non-hydrogen) atoms. The average molecular weight is 305 g/mol. The third kappa shape index (κ3) is 3.46. The average Bonchev–Trinajstić information content (AvgIpc) is 2.46. The standard InChI is InChI=1S/C16H18OSe/c1-2-15(18-14-11-7-4-8-12-14)16(17)13-9-5-3-6-10-13/h3-12,15-17H,2H2,1H3/t15-,16-/m0/s1. The summed E-state index contributed by atoms with van der Waals surface area (Å²) in [5, 5.41) is 10.5. The van der Waals surface area contributed by atoms with Crippen molar-refractivity contribution in [3.8, 4) is 0 Å². The maximum atomic E-state index is 10.5. The molecule has 0 radical (unpaired) electrons. The van der Waals surface area contributed by atoms with Gasteiger partial charge in [-0.05, 0) is 0 Å². The van der Waals surface area contributed by atoms with E-state index in [1.165, 1.54) is 4.46 Å². The van der Waals surface area contributed by atoms with Crippen molar-refractivity contribution in [3.05, 3.63) is 66.2 Å². The van der Waals surface area contributed by atoms with Crippen LogP contribution in [-0.2, 0) is 0 Å². The van der Waals surface area contributed by atoms with Gasteiger partial charge in [0, 0.05) is 0 Å². The molecule has 1 nitrogen and oxygen atoms in total. The van der Waals surface area contributed by atoms with Crippen molar-refractivity contribution < 1.29 is 5.11 Å². The monoisotopic (exact) mass is 306 g/mol. The Hall–Kier alpha value is -1.08. The summed E-state index contributed by atoms with van der Waals surface area (Å²) in [6.45, 7) is 2.15. The zero-order valence-corrected chi connectivity index (χ0v) is 12.2. The maximum absolute atomic E-state index is 10.5. The number of benzene rings is 2. The summed E-state index contributed by atoms with van der Waals surface area (Å²) >= 11 is 0.311. The van der Waals surface area contributed by atoms with Gasteiger partial charge in [0.1, 0.15) is 0 Å². The van der Waals surface area contributed by atoms with Crippen LogP contribution in [0.3, 0.4) is 0 Å². The Morgan fingerprint density at radius 3 is 2.06 bits per heavy atom. The Morgan fingerprint density at radius 2 is 1.50 bits per heavy atom. The first-order chi connectivity index (χ1) is 8.81. The van der Waals surface area contributed by atoms with Crippen LogP contribution >= 0.6 is 0 Å². The van der Waals surface area contributed by atoms with Gasteiger partial charge < -0.3 is 0 Å². The summed E-state index contributed by atoms with van der Waals surface area (Å²) in [6.07, 6.45) is 0.654.